The largest absolute Gasteiger partial charge is 0.345 e. The Morgan fingerprint density at radius 1 is 1.29 bits per heavy atom. The zero-order valence-electron chi connectivity index (χ0n) is 13.6. The lowest BCUT2D eigenvalue weighted by molar-refractivity contribution is -0.133. The summed E-state index contributed by atoms with van der Waals surface area (Å²) in [4.78, 5) is 28.5. The van der Waals surface area contributed by atoms with Crippen molar-refractivity contribution in [2.24, 2.45) is 5.41 Å². The number of carbonyl (C=O) groups is 2. The summed E-state index contributed by atoms with van der Waals surface area (Å²) in [6, 6.07) is -0.721. The molecule has 0 aliphatic rings. The second-order valence-electron chi connectivity index (χ2n) is 6.21. The summed E-state index contributed by atoms with van der Waals surface area (Å²) in [5.41, 5.74) is 0.524. The lowest BCUT2D eigenvalue weighted by atomic mass is 9.95. The maximum Gasteiger partial charge on any atom is 0.242 e. The van der Waals surface area contributed by atoms with Gasteiger partial charge in [0.05, 0.1) is 11.7 Å². The van der Waals surface area contributed by atoms with Gasteiger partial charge in [-0.2, -0.15) is 0 Å². The van der Waals surface area contributed by atoms with Gasteiger partial charge in [0.2, 0.25) is 11.8 Å². The third kappa shape index (κ3) is 5.12. The molecule has 0 bridgehead atoms. The highest BCUT2D eigenvalue weighted by Crippen LogP contribution is 2.18. The maximum absolute atomic E-state index is 12.1. The van der Waals surface area contributed by atoms with Gasteiger partial charge in [-0.25, -0.2) is 4.98 Å². The smallest absolute Gasteiger partial charge is 0.242 e. The minimum absolute atomic E-state index is 0.139. The van der Waals surface area contributed by atoms with Gasteiger partial charge in [-0.1, -0.05) is 27.7 Å². The van der Waals surface area contributed by atoms with Gasteiger partial charge in [-0.3, -0.25) is 9.59 Å². The fraction of sp³-hybridized carbons (Fsp3) is 0.667. The second-order valence-corrected chi connectivity index (χ2v) is 7.10. The minimum atomic E-state index is -0.565. The molecule has 0 aliphatic carbocycles. The number of aromatic nitrogens is 1. The van der Waals surface area contributed by atoms with Crippen LogP contribution in [0.25, 0.3) is 0 Å². The topological polar surface area (TPSA) is 71.1 Å². The fourth-order valence-corrected chi connectivity index (χ4v) is 2.47. The van der Waals surface area contributed by atoms with Gasteiger partial charge in [-0.05, 0) is 20.3 Å². The zero-order chi connectivity index (χ0) is 16.2. The first-order valence-corrected chi connectivity index (χ1v) is 8.08. The predicted molar refractivity (Wildman–Crippen MR) is 85.1 cm³/mol. The molecule has 0 radical (unpaired) electrons. The molecule has 2 atom stereocenters. The number of carbonyl (C=O) groups excluding carboxylic acids is 2. The Hall–Kier alpha value is -1.43. The molecule has 0 aromatic carbocycles. The summed E-state index contributed by atoms with van der Waals surface area (Å²) >= 11 is 1.54. The highest BCUT2D eigenvalue weighted by atomic mass is 32.1. The van der Waals surface area contributed by atoms with E-state index >= 15 is 0 Å². The van der Waals surface area contributed by atoms with Crippen molar-refractivity contribution in [3.63, 3.8) is 0 Å². The third-order valence-electron chi connectivity index (χ3n) is 3.08. The van der Waals surface area contributed by atoms with Gasteiger partial charge in [0, 0.05) is 10.8 Å². The van der Waals surface area contributed by atoms with E-state index in [0.717, 1.165) is 17.1 Å². The molecule has 118 valence electrons. The number of amides is 2. The number of rotatable bonds is 5. The van der Waals surface area contributed by atoms with Crippen LogP contribution in [0, 0.1) is 5.41 Å². The van der Waals surface area contributed by atoms with Gasteiger partial charge in [0.1, 0.15) is 11.0 Å². The normalized spacial score (nSPS) is 14.4. The van der Waals surface area contributed by atoms with Crippen molar-refractivity contribution in [1.82, 2.24) is 15.6 Å². The van der Waals surface area contributed by atoms with Crippen molar-refractivity contribution in [2.45, 2.75) is 60.0 Å². The van der Waals surface area contributed by atoms with Gasteiger partial charge in [0.15, 0.2) is 0 Å². The molecule has 0 aliphatic heterocycles. The standard InChI is InChI=1S/C15H25N3O2S/c1-7-11-8-21-13(18-11)10(3)16-12(19)9(2)17-14(20)15(4,5)6/h8-10H,7H2,1-6H3,(H,16,19)(H,17,20). The Morgan fingerprint density at radius 3 is 2.38 bits per heavy atom. The van der Waals surface area contributed by atoms with Crippen LogP contribution in [0.4, 0.5) is 0 Å². The molecule has 1 aromatic rings. The quantitative estimate of drug-likeness (QED) is 0.877. The molecule has 1 rings (SSSR count). The molecule has 0 fully saturated rings. The molecule has 5 nitrogen and oxygen atoms in total. The number of nitrogens with zero attached hydrogens (tertiary/aromatic N) is 1. The summed E-state index contributed by atoms with van der Waals surface area (Å²) in [7, 11) is 0. The molecule has 0 saturated heterocycles. The zero-order valence-corrected chi connectivity index (χ0v) is 14.4. The van der Waals surface area contributed by atoms with Crippen molar-refractivity contribution in [3.8, 4) is 0 Å². The maximum atomic E-state index is 12.1. The van der Waals surface area contributed by atoms with Crippen LogP contribution in [-0.4, -0.2) is 22.8 Å². The number of nitrogens with one attached hydrogen (secondary N) is 2. The Morgan fingerprint density at radius 2 is 1.90 bits per heavy atom. The lowest BCUT2D eigenvalue weighted by Crippen LogP contribution is -2.48. The molecule has 1 heterocycles. The summed E-state index contributed by atoms with van der Waals surface area (Å²) in [5, 5.41) is 8.50. The van der Waals surface area contributed by atoms with Gasteiger partial charge < -0.3 is 10.6 Å². The Bertz CT molecular complexity index is 505. The lowest BCUT2D eigenvalue weighted by Gasteiger charge is -2.22. The first-order valence-electron chi connectivity index (χ1n) is 7.20. The SMILES string of the molecule is CCc1csc(C(C)NC(=O)C(C)NC(=O)C(C)(C)C)n1. The molecule has 2 unspecified atom stereocenters. The van der Waals surface area contributed by atoms with E-state index in [1.54, 1.807) is 18.3 Å². The van der Waals surface area contributed by atoms with Crippen LogP contribution in [0.5, 0.6) is 0 Å². The van der Waals surface area contributed by atoms with Crippen molar-refractivity contribution < 1.29 is 9.59 Å². The van der Waals surface area contributed by atoms with Gasteiger partial charge >= 0.3 is 0 Å². The summed E-state index contributed by atoms with van der Waals surface area (Å²) in [6.45, 7) is 11.1. The highest BCUT2D eigenvalue weighted by molar-refractivity contribution is 7.09. The van der Waals surface area contributed by atoms with Crippen LogP contribution in [-0.2, 0) is 16.0 Å². The Kier molecular flexibility index (Phi) is 5.89. The Balaban J connectivity index is 2.57. The van der Waals surface area contributed by atoms with Crippen LogP contribution in [0.2, 0.25) is 0 Å². The number of hydrogen-bond acceptors (Lipinski definition) is 4. The number of hydrogen-bond donors (Lipinski definition) is 2. The highest BCUT2D eigenvalue weighted by Gasteiger charge is 2.26. The summed E-state index contributed by atoms with van der Waals surface area (Å²) < 4.78 is 0. The van der Waals surface area contributed by atoms with Crippen molar-refractivity contribution in [1.29, 1.82) is 0 Å². The average molecular weight is 311 g/mol. The first kappa shape index (κ1) is 17.6. The fourth-order valence-electron chi connectivity index (χ4n) is 1.56. The van der Waals surface area contributed by atoms with Crippen LogP contribution in [0.1, 0.15) is 58.3 Å². The van der Waals surface area contributed by atoms with Crippen LogP contribution in [0.15, 0.2) is 5.38 Å². The molecule has 0 saturated carbocycles. The molecular formula is C15H25N3O2S. The van der Waals surface area contributed by atoms with E-state index in [1.165, 1.54) is 0 Å². The molecule has 6 heteroatoms. The Labute approximate surface area is 130 Å². The van der Waals surface area contributed by atoms with Crippen LogP contribution >= 0.6 is 11.3 Å². The molecule has 0 spiro atoms. The van der Waals surface area contributed by atoms with Crippen molar-refractivity contribution in [3.05, 3.63) is 16.1 Å². The van der Waals surface area contributed by atoms with E-state index < -0.39 is 11.5 Å². The summed E-state index contributed by atoms with van der Waals surface area (Å²) in [5.74, 6) is -0.339. The molecule has 1 aromatic heterocycles. The van der Waals surface area contributed by atoms with E-state index in [1.807, 2.05) is 40.0 Å². The van der Waals surface area contributed by atoms with E-state index in [-0.39, 0.29) is 17.9 Å². The van der Waals surface area contributed by atoms with Crippen molar-refractivity contribution in [2.75, 3.05) is 0 Å². The number of thiazole rings is 1. The predicted octanol–water partition coefficient (Wildman–Crippen LogP) is 2.43. The van der Waals surface area contributed by atoms with Gasteiger partial charge in [-0.15, -0.1) is 11.3 Å². The summed E-state index contributed by atoms with van der Waals surface area (Å²) in [6.07, 6.45) is 0.884. The molecule has 2 N–H and O–H groups in total. The minimum Gasteiger partial charge on any atom is -0.345 e. The average Bonchev–Trinajstić information content (AvgIpc) is 2.86. The first-order chi connectivity index (χ1) is 9.65. The number of aryl methyl sites for hydroxylation is 1. The monoisotopic (exact) mass is 311 g/mol. The van der Waals surface area contributed by atoms with Crippen LogP contribution in [0.3, 0.4) is 0 Å². The molecular weight excluding hydrogens is 286 g/mol. The van der Waals surface area contributed by atoms with Crippen LogP contribution < -0.4 is 10.6 Å². The third-order valence-corrected chi connectivity index (χ3v) is 4.16. The van der Waals surface area contributed by atoms with E-state index in [4.69, 9.17) is 0 Å². The van der Waals surface area contributed by atoms with Gasteiger partial charge in [0.25, 0.3) is 0 Å². The second kappa shape index (κ2) is 7.02. The molecule has 2 amide bonds. The van der Waals surface area contributed by atoms with E-state index in [0.29, 0.717) is 0 Å². The van der Waals surface area contributed by atoms with Crippen molar-refractivity contribution >= 4 is 23.2 Å². The van der Waals surface area contributed by atoms with E-state index in [9.17, 15) is 9.59 Å². The molecule has 21 heavy (non-hydrogen) atoms. The van der Waals surface area contributed by atoms with E-state index in [2.05, 4.69) is 15.6 Å².